The van der Waals surface area contributed by atoms with Gasteiger partial charge in [-0.05, 0) is 30.5 Å². The molecule has 5 rings (SSSR count). The normalized spacial score (nSPS) is 18.4. The van der Waals surface area contributed by atoms with E-state index < -0.39 is 11.5 Å². The summed E-state index contributed by atoms with van der Waals surface area (Å²) in [6.45, 7) is 3.00. The third-order valence-electron chi connectivity index (χ3n) is 6.94. The summed E-state index contributed by atoms with van der Waals surface area (Å²) in [5.74, 6) is 0.822. The maximum absolute atomic E-state index is 14.0. The van der Waals surface area contributed by atoms with Crippen molar-refractivity contribution in [1.29, 1.82) is 0 Å². The first-order chi connectivity index (χ1) is 16.4. The van der Waals surface area contributed by atoms with E-state index >= 15 is 0 Å². The minimum atomic E-state index is -0.941. The first-order valence-electron chi connectivity index (χ1n) is 11.1. The van der Waals surface area contributed by atoms with Crippen molar-refractivity contribution in [3.05, 3.63) is 51.8 Å². The van der Waals surface area contributed by atoms with E-state index in [0.717, 1.165) is 21.2 Å². The summed E-state index contributed by atoms with van der Waals surface area (Å²) in [5, 5.41) is 10.8. The third-order valence-corrected chi connectivity index (χ3v) is 7.73. The summed E-state index contributed by atoms with van der Waals surface area (Å²) in [6, 6.07) is 7.81. The number of hydrogen-bond acceptors (Lipinski definition) is 5. The van der Waals surface area contributed by atoms with Gasteiger partial charge in [-0.3, -0.25) is 4.79 Å². The highest BCUT2D eigenvalue weighted by molar-refractivity contribution is 9.10. The number of hydrogen-bond donors (Lipinski definition) is 2. The number of carbonyl (C=O) groups excluding carboxylic acids is 1. The number of piperidine rings is 1. The molecule has 2 saturated heterocycles. The smallest absolute Gasteiger partial charge is 0.407 e. The Bertz CT molecular complexity index is 1230. The Morgan fingerprint density at radius 3 is 2.47 bits per heavy atom. The highest BCUT2D eigenvalue weighted by Gasteiger charge is 2.46. The first-order valence-corrected chi connectivity index (χ1v) is 12.3. The fourth-order valence-corrected chi connectivity index (χ4v) is 5.69. The molecule has 0 aliphatic carbocycles. The second kappa shape index (κ2) is 9.07. The van der Waals surface area contributed by atoms with Gasteiger partial charge < -0.3 is 24.8 Å². The van der Waals surface area contributed by atoms with Crippen molar-refractivity contribution in [2.75, 3.05) is 44.2 Å². The molecule has 3 aromatic rings. The van der Waals surface area contributed by atoms with E-state index in [9.17, 15) is 14.7 Å². The van der Waals surface area contributed by atoms with Crippen LogP contribution < -0.4 is 4.90 Å². The van der Waals surface area contributed by atoms with E-state index in [-0.39, 0.29) is 5.91 Å². The van der Waals surface area contributed by atoms with Crippen molar-refractivity contribution in [2.45, 2.75) is 18.3 Å². The van der Waals surface area contributed by atoms with Crippen LogP contribution in [0.5, 0.6) is 0 Å². The molecular weight excluding hydrogens is 524 g/mol. The minimum absolute atomic E-state index is 0.0581. The monoisotopic (exact) mass is 546 g/mol. The van der Waals surface area contributed by atoms with E-state index in [1.54, 1.807) is 6.20 Å². The predicted octanol–water partition coefficient (Wildman–Crippen LogP) is 3.73. The van der Waals surface area contributed by atoms with Crippen LogP contribution in [0.4, 0.5) is 10.6 Å². The van der Waals surface area contributed by atoms with Gasteiger partial charge in [0, 0.05) is 49.9 Å². The molecule has 0 atom stereocenters. The quantitative estimate of drug-likeness (QED) is 0.518. The zero-order valence-corrected chi connectivity index (χ0v) is 20.7. The average Bonchev–Trinajstić information content (AvgIpc) is 3.24. The number of nitrogens with one attached hydrogen (secondary N) is 1. The average molecular weight is 548 g/mol. The summed E-state index contributed by atoms with van der Waals surface area (Å²) in [4.78, 5) is 42.7. The number of nitrogens with zero attached hydrogens (tertiary/aromatic N) is 5. The van der Waals surface area contributed by atoms with Crippen LogP contribution in [0.2, 0.25) is 5.02 Å². The molecule has 0 saturated carbocycles. The molecule has 0 spiro atoms. The number of H-pyrrole nitrogens is 1. The Labute approximate surface area is 209 Å². The van der Waals surface area contributed by atoms with Crippen LogP contribution in [-0.2, 0) is 10.2 Å². The molecule has 0 bridgehead atoms. The SMILES string of the molecule is O=C(O)N1CCC(C(=O)N2CCN(c3ncnc4[nH]cc(Cl)c34)CC2)(c2cccc(Br)c2)CC1. The Hall–Kier alpha value is -2.85. The van der Waals surface area contributed by atoms with E-state index in [1.165, 1.54) is 11.2 Å². The molecule has 2 N–H and O–H groups in total. The van der Waals surface area contributed by atoms with E-state index in [4.69, 9.17) is 11.6 Å². The lowest BCUT2D eigenvalue weighted by Gasteiger charge is -2.45. The zero-order chi connectivity index (χ0) is 23.9. The molecule has 178 valence electrons. The fourth-order valence-electron chi connectivity index (χ4n) is 5.07. The molecule has 2 aromatic heterocycles. The van der Waals surface area contributed by atoms with Gasteiger partial charge in [0.15, 0.2) is 0 Å². The van der Waals surface area contributed by atoms with Crippen molar-refractivity contribution in [3.8, 4) is 0 Å². The van der Waals surface area contributed by atoms with Crippen molar-refractivity contribution in [3.63, 3.8) is 0 Å². The summed E-state index contributed by atoms with van der Waals surface area (Å²) < 4.78 is 0.902. The molecule has 2 fully saturated rings. The maximum atomic E-state index is 14.0. The highest BCUT2D eigenvalue weighted by atomic mass is 79.9. The number of carbonyl (C=O) groups is 2. The molecule has 2 aliphatic rings. The van der Waals surface area contributed by atoms with Gasteiger partial charge in [-0.2, -0.15) is 0 Å². The molecule has 11 heteroatoms. The molecule has 1 aromatic carbocycles. The van der Waals surface area contributed by atoms with Gasteiger partial charge in [-0.25, -0.2) is 14.8 Å². The lowest BCUT2D eigenvalue weighted by atomic mass is 9.71. The summed E-state index contributed by atoms with van der Waals surface area (Å²) in [7, 11) is 0. The van der Waals surface area contributed by atoms with Crippen molar-refractivity contribution < 1.29 is 14.7 Å². The molecule has 0 radical (unpaired) electrons. The standard InChI is InChI=1S/C23H24BrClN6O3/c24-16-3-1-2-15(12-16)23(4-6-31(7-5-23)22(33)34)21(32)30-10-8-29(9-11-30)20-18-17(25)13-26-19(18)27-14-28-20/h1-3,12-14H,4-11H2,(H,33,34)(H,26,27,28). The number of piperazine rings is 1. The van der Waals surface area contributed by atoms with Crippen LogP contribution in [0.1, 0.15) is 18.4 Å². The van der Waals surface area contributed by atoms with Gasteiger partial charge >= 0.3 is 6.09 Å². The maximum Gasteiger partial charge on any atom is 0.407 e. The van der Waals surface area contributed by atoms with Gasteiger partial charge in [0.1, 0.15) is 17.8 Å². The van der Waals surface area contributed by atoms with Gasteiger partial charge in [0.05, 0.1) is 15.8 Å². The summed E-state index contributed by atoms with van der Waals surface area (Å²) in [5.41, 5.74) is 0.868. The Balaban J connectivity index is 1.38. The van der Waals surface area contributed by atoms with Crippen molar-refractivity contribution in [1.82, 2.24) is 24.8 Å². The highest BCUT2D eigenvalue weighted by Crippen LogP contribution is 2.39. The summed E-state index contributed by atoms with van der Waals surface area (Å²) in [6.07, 6.45) is 3.19. The van der Waals surface area contributed by atoms with Gasteiger partial charge in [0.25, 0.3) is 0 Å². The number of aromatic nitrogens is 3. The van der Waals surface area contributed by atoms with Crippen LogP contribution in [0, 0.1) is 0 Å². The largest absolute Gasteiger partial charge is 0.465 e. The number of halogens is 2. The lowest BCUT2D eigenvalue weighted by Crippen LogP contribution is -2.58. The van der Waals surface area contributed by atoms with Crippen LogP contribution in [0.3, 0.4) is 0 Å². The van der Waals surface area contributed by atoms with Gasteiger partial charge in [-0.1, -0.05) is 39.7 Å². The molecule has 4 heterocycles. The zero-order valence-electron chi connectivity index (χ0n) is 18.4. The van der Waals surface area contributed by atoms with Crippen LogP contribution >= 0.6 is 27.5 Å². The van der Waals surface area contributed by atoms with Crippen LogP contribution in [-0.4, -0.2) is 81.1 Å². The number of rotatable bonds is 3. The molecular formula is C23H24BrClN6O3. The number of carboxylic acid groups (broad SMARTS) is 1. The number of amides is 2. The van der Waals surface area contributed by atoms with E-state index in [2.05, 4.69) is 35.8 Å². The Morgan fingerprint density at radius 1 is 1.06 bits per heavy atom. The Morgan fingerprint density at radius 2 is 1.79 bits per heavy atom. The number of likely N-dealkylation sites (tertiary alicyclic amines) is 1. The summed E-state index contributed by atoms with van der Waals surface area (Å²) >= 11 is 9.89. The van der Waals surface area contributed by atoms with E-state index in [1.807, 2.05) is 29.2 Å². The molecule has 9 nitrogen and oxygen atoms in total. The molecule has 34 heavy (non-hydrogen) atoms. The third kappa shape index (κ3) is 3.98. The first kappa shape index (κ1) is 22.9. The number of benzene rings is 1. The number of anilines is 1. The van der Waals surface area contributed by atoms with Crippen LogP contribution in [0.25, 0.3) is 11.0 Å². The number of fused-ring (bicyclic) bond motifs is 1. The minimum Gasteiger partial charge on any atom is -0.465 e. The van der Waals surface area contributed by atoms with Crippen molar-refractivity contribution in [2.24, 2.45) is 0 Å². The van der Waals surface area contributed by atoms with Gasteiger partial charge in [-0.15, -0.1) is 0 Å². The second-order valence-corrected chi connectivity index (χ2v) is 10.0. The van der Waals surface area contributed by atoms with E-state index in [0.29, 0.717) is 62.8 Å². The molecule has 0 unspecified atom stereocenters. The van der Waals surface area contributed by atoms with Crippen LogP contribution in [0.15, 0.2) is 41.3 Å². The topological polar surface area (TPSA) is 106 Å². The number of aromatic amines is 1. The second-order valence-electron chi connectivity index (χ2n) is 8.70. The van der Waals surface area contributed by atoms with Gasteiger partial charge in [0.2, 0.25) is 5.91 Å². The molecule has 2 amide bonds. The fraction of sp³-hybridized carbons (Fsp3) is 0.391. The molecule has 2 aliphatic heterocycles. The van der Waals surface area contributed by atoms with Crippen molar-refractivity contribution >= 4 is 56.4 Å². The predicted molar refractivity (Wildman–Crippen MR) is 132 cm³/mol. The Kier molecular flexibility index (Phi) is 6.11. The lowest BCUT2D eigenvalue weighted by molar-refractivity contribution is -0.139.